The van der Waals surface area contributed by atoms with Crippen LogP contribution in [0.5, 0.6) is 0 Å². The highest BCUT2D eigenvalue weighted by molar-refractivity contribution is 6.42. The van der Waals surface area contributed by atoms with Gasteiger partial charge in [0.25, 0.3) is 0 Å². The molecule has 2 aromatic rings. The Morgan fingerprint density at radius 1 is 0.909 bits per heavy atom. The number of nitrogens with zero attached hydrogens (tertiary/aromatic N) is 3. The van der Waals surface area contributed by atoms with E-state index in [0.717, 1.165) is 51.1 Å². The first-order valence-corrected chi connectivity index (χ1v) is 17.1. The summed E-state index contributed by atoms with van der Waals surface area (Å²) in [5.74, 6) is 0.0856. The van der Waals surface area contributed by atoms with Gasteiger partial charge in [0.1, 0.15) is 5.60 Å². The number of carbonyl (C=O) groups excluding carboxylic acids is 2. The third-order valence-electron chi connectivity index (χ3n) is 9.77. The lowest BCUT2D eigenvalue weighted by Crippen LogP contribution is -2.59. The van der Waals surface area contributed by atoms with E-state index < -0.39 is 5.60 Å². The van der Waals surface area contributed by atoms with E-state index in [1.807, 2.05) is 29.2 Å². The number of hydrogen-bond donors (Lipinski definition) is 1. The number of benzene rings is 2. The molecule has 44 heavy (non-hydrogen) atoms. The summed E-state index contributed by atoms with van der Waals surface area (Å²) in [6, 6.07) is 11.0. The van der Waals surface area contributed by atoms with Gasteiger partial charge >= 0.3 is 0 Å². The maximum atomic E-state index is 13.6. The molecule has 7 nitrogen and oxygen atoms in total. The summed E-state index contributed by atoms with van der Waals surface area (Å²) in [5.41, 5.74) is 0.775. The molecule has 2 aromatic carbocycles. The Hall–Kier alpha value is -1.58. The van der Waals surface area contributed by atoms with Crippen molar-refractivity contribution in [3.8, 4) is 0 Å². The van der Waals surface area contributed by atoms with Crippen molar-refractivity contribution >= 4 is 58.2 Å². The number of carbonyl (C=O) groups is 2. The molecule has 3 aliphatic rings. The highest BCUT2D eigenvalue weighted by Gasteiger charge is 2.44. The van der Waals surface area contributed by atoms with Crippen LogP contribution in [0.3, 0.4) is 0 Å². The molecule has 0 bridgehead atoms. The van der Waals surface area contributed by atoms with Crippen LogP contribution in [0.25, 0.3) is 0 Å². The molecule has 3 aliphatic heterocycles. The Balaban J connectivity index is 1.31. The molecule has 11 heteroatoms. The minimum Gasteiger partial charge on any atom is -0.367 e. The first-order valence-electron chi connectivity index (χ1n) is 15.6. The molecule has 1 N–H and O–H groups in total. The number of ether oxygens (including phenoxy) is 1. The SMILES string of the molecule is CNC(=O)CC1(N2CCCCC2)CCN(CCC2(c3ccc(Cl)c(Cl)c3)CN(C(=O)Cc3cccc(Cl)c3Cl)CCO2)CC1. The van der Waals surface area contributed by atoms with E-state index in [1.165, 1.54) is 19.3 Å². The van der Waals surface area contributed by atoms with E-state index in [0.29, 0.717) is 58.2 Å². The van der Waals surface area contributed by atoms with Crippen LogP contribution in [0.4, 0.5) is 0 Å². The Labute approximate surface area is 281 Å². The van der Waals surface area contributed by atoms with E-state index in [2.05, 4.69) is 15.1 Å². The molecule has 3 fully saturated rings. The van der Waals surface area contributed by atoms with Crippen LogP contribution in [0.15, 0.2) is 36.4 Å². The van der Waals surface area contributed by atoms with Crippen molar-refractivity contribution < 1.29 is 14.3 Å². The van der Waals surface area contributed by atoms with E-state index in [-0.39, 0.29) is 23.8 Å². The molecule has 0 saturated carbocycles. The van der Waals surface area contributed by atoms with Crippen molar-refractivity contribution in [3.63, 3.8) is 0 Å². The van der Waals surface area contributed by atoms with E-state index in [4.69, 9.17) is 51.1 Å². The Bertz CT molecular complexity index is 1330. The van der Waals surface area contributed by atoms with Crippen LogP contribution in [0.1, 0.15) is 56.1 Å². The van der Waals surface area contributed by atoms with Gasteiger partial charge in [-0.05, 0) is 87.6 Å². The fraction of sp³-hybridized carbons (Fsp3) is 0.576. The quantitative estimate of drug-likeness (QED) is 0.330. The van der Waals surface area contributed by atoms with Crippen molar-refractivity contribution in [2.45, 2.75) is 62.5 Å². The van der Waals surface area contributed by atoms with Gasteiger partial charge in [-0.1, -0.05) is 71.0 Å². The van der Waals surface area contributed by atoms with Gasteiger partial charge in [0.05, 0.1) is 39.7 Å². The summed E-state index contributed by atoms with van der Waals surface area (Å²) >= 11 is 25.4. The summed E-state index contributed by atoms with van der Waals surface area (Å²) in [4.78, 5) is 33.1. The lowest BCUT2D eigenvalue weighted by molar-refractivity contribution is -0.154. The monoisotopic (exact) mass is 682 g/mol. The third kappa shape index (κ3) is 7.68. The zero-order chi connectivity index (χ0) is 31.3. The number of morpholine rings is 1. The van der Waals surface area contributed by atoms with Gasteiger partial charge in [0.2, 0.25) is 11.8 Å². The van der Waals surface area contributed by atoms with Gasteiger partial charge < -0.3 is 19.9 Å². The number of rotatable bonds is 9. The van der Waals surface area contributed by atoms with Gasteiger partial charge in [0.15, 0.2) is 0 Å². The molecule has 5 rings (SSSR count). The zero-order valence-electron chi connectivity index (χ0n) is 25.4. The lowest BCUT2D eigenvalue weighted by Gasteiger charge is -2.50. The number of halogens is 4. The van der Waals surface area contributed by atoms with Crippen LogP contribution in [-0.2, 0) is 26.3 Å². The van der Waals surface area contributed by atoms with Crippen molar-refractivity contribution in [2.75, 3.05) is 59.5 Å². The highest BCUT2D eigenvalue weighted by atomic mass is 35.5. The maximum Gasteiger partial charge on any atom is 0.227 e. The van der Waals surface area contributed by atoms with Crippen molar-refractivity contribution in [2.24, 2.45) is 0 Å². The maximum absolute atomic E-state index is 13.6. The summed E-state index contributed by atoms with van der Waals surface area (Å²) < 4.78 is 6.58. The van der Waals surface area contributed by atoms with Gasteiger partial charge in [-0.15, -0.1) is 0 Å². The Morgan fingerprint density at radius 3 is 2.36 bits per heavy atom. The standard InChI is InChI=1S/C33H42Cl4N4O3/c1-38-29(42)22-32(41-13-3-2-4-14-41)10-15-39(16-11-32)17-12-33(25-8-9-26(34)28(36)21-25)23-40(18-19-44-33)30(43)20-24-6-5-7-27(35)31(24)37/h5-9,21H,2-4,10-20,22-23H2,1H3,(H,38,42). The molecule has 1 unspecified atom stereocenters. The van der Waals surface area contributed by atoms with Gasteiger partial charge in [-0.2, -0.15) is 0 Å². The zero-order valence-corrected chi connectivity index (χ0v) is 28.4. The van der Waals surface area contributed by atoms with Crippen molar-refractivity contribution in [3.05, 3.63) is 67.6 Å². The Kier molecular flexibility index (Phi) is 11.4. The number of amides is 2. The molecule has 240 valence electrons. The average molecular weight is 685 g/mol. The van der Waals surface area contributed by atoms with E-state index in [9.17, 15) is 9.59 Å². The van der Waals surface area contributed by atoms with Gasteiger partial charge in [0, 0.05) is 32.1 Å². The molecular formula is C33H42Cl4N4O3. The molecule has 2 amide bonds. The molecular weight excluding hydrogens is 642 g/mol. The first kappa shape index (κ1) is 33.8. The molecule has 0 aromatic heterocycles. The number of hydrogen-bond acceptors (Lipinski definition) is 5. The second-order valence-corrected chi connectivity index (χ2v) is 14.0. The number of piperidine rings is 2. The predicted molar refractivity (Wildman–Crippen MR) is 178 cm³/mol. The van der Waals surface area contributed by atoms with Crippen molar-refractivity contribution in [1.29, 1.82) is 0 Å². The second kappa shape index (κ2) is 14.9. The van der Waals surface area contributed by atoms with Gasteiger partial charge in [-0.3, -0.25) is 14.5 Å². The minimum absolute atomic E-state index is 0.0274. The van der Waals surface area contributed by atoms with Crippen LogP contribution in [-0.4, -0.2) is 91.5 Å². The smallest absolute Gasteiger partial charge is 0.227 e. The fourth-order valence-corrected chi connectivity index (χ4v) is 7.78. The predicted octanol–water partition coefficient (Wildman–Crippen LogP) is 6.44. The fourth-order valence-electron chi connectivity index (χ4n) is 7.10. The molecule has 3 heterocycles. The molecule has 0 radical (unpaired) electrons. The lowest BCUT2D eigenvalue weighted by atomic mass is 9.80. The van der Waals surface area contributed by atoms with Crippen LogP contribution in [0, 0.1) is 0 Å². The number of likely N-dealkylation sites (tertiary alicyclic amines) is 2. The summed E-state index contributed by atoms with van der Waals surface area (Å²) in [6.45, 7) is 6.01. The Morgan fingerprint density at radius 2 is 1.66 bits per heavy atom. The average Bonchev–Trinajstić information content (AvgIpc) is 3.04. The molecule has 0 spiro atoms. The van der Waals surface area contributed by atoms with Crippen LogP contribution < -0.4 is 5.32 Å². The van der Waals surface area contributed by atoms with Crippen LogP contribution >= 0.6 is 46.4 Å². The highest BCUT2D eigenvalue weighted by Crippen LogP contribution is 2.39. The normalized spacial score (nSPS) is 23.0. The van der Waals surface area contributed by atoms with Gasteiger partial charge in [-0.25, -0.2) is 0 Å². The minimum atomic E-state index is -0.746. The molecule has 1 atom stereocenters. The topological polar surface area (TPSA) is 65.1 Å². The van der Waals surface area contributed by atoms with Crippen LogP contribution in [0.2, 0.25) is 20.1 Å². The molecule has 3 saturated heterocycles. The third-order valence-corrected chi connectivity index (χ3v) is 11.4. The van der Waals surface area contributed by atoms with E-state index >= 15 is 0 Å². The van der Waals surface area contributed by atoms with E-state index in [1.54, 1.807) is 19.2 Å². The van der Waals surface area contributed by atoms with Crippen molar-refractivity contribution in [1.82, 2.24) is 20.0 Å². The molecule has 0 aliphatic carbocycles. The largest absolute Gasteiger partial charge is 0.367 e. The summed E-state index contributed by atoms with van der Waals surface area (Å²) in [5, 5.41) is 4.64. The summed E-state index contributed by atoms with van der Waals surface area (Å²) in [7, 11) is 1.73. The first-order chi connectivity index (χ1) is 21.1. The second-order valence-electron chi connectivity index (χ2n) is 12.4. The number of nitrogens with one attached hydrogen (secondary N) is 1. The summed E-state index contributed by atoms with van der Waals surface area (Å²) in [6.07, 6.45) is 6.94.